The molecule has 6 heteroatoms. The van der Waals surface area contributed by atoms with Gasteiger partial charge in [-0.25, -0.2) is 0 Å². The van der Waals surface area contributed by atoms with Crippen molar-refractivity contribution in [3.63, 3.8) is 0 Å². The maximum atomic E-state index is 12.2. The minimum atomic E-state index is -0.662. The summed E-state index contributed by atoms with van der Waals surface area (Å²) in [6.07, 6.45) is 0.671. The van der Waals surface area contributed by atoms with E-state index in [0.29, 0.717) is 31.1 Å². The zero-order valence-electron chi connectivity index (χ0n) is 11.6. The van der Waals surface area contributed by atoms with Crippen LogP contribution in [-0.2, 0) is 14.3 Å². The fourth-order valence-electron chi connectivity index (χ4n) is 2.64. The molecular formula is C15H15NO5. The van der Waals surface area contributed by atoms with E-state index in [4.69, 9.17) is 9.47 Å². The van der Waals surface area contributed by atoms with Gasteiger partial charge in [0, 0.05) is 12.5 Å². The Labute approximate surface area is 121 Å². The Morgan fingerprint density at radius 1 is 1.43 bits per heavy atom. The summed E-state index contributed by atoms with van der Waals surface area (Å²) in [5.74, 6) is -1.01. The molecule has 1 aromatic carbocycles. The van der Waals surface area contributed by atoms with Crippen LogP contribution in [0.3, 0.4) is 0 Å². The number of carbonyl (C=O) groups is 3. The molecule has 1 unspecified atom stereocenters. The molecular weight excluding hydrogens is 274 g/mol. The lowest BCUT2D eigenvalue weighted by molar-refractivity contribution is -0.123. The van der Waals surface area contributed by atoms with Crippen molar-refractivity contribution in [3.8, 4) is 5.75 Å². The second-order valence-corrected chi connectivity index (χ2v) is 5.13. The SMILES string of the molecule is COc1ccc2c(c1)C(=O)C(=O)N2CC(=O)C1CCOC1. The van der Waals surface area contributed by atoms with E-state index in [1.54, 1.807) is 12.1 Å². The summed E-state index contributed by atoms with van der Waals surface area (Å²) in [6.45, 7) is 0.874. The van der Waals surface area contributed by atoms with Crippen LogP contribution in [-0.4, -0.2) is 44.3 Å². The Morgan fingerprint density at radius 3 is 2.90 bits per heavy atom. The Kier molecular flexibility index (Phi) is 3.47. The molecule has 1 saturated heterocycles. The van der Waals surface area contributed by atoms with Crippen molar-refractivity contribution < 1.29 is 23.9 Å². The third kappa shape index (κ3) is 2.31. The van der Waals surface area contributed by atoms with Gasteiger partial charge in [0.05, 0.1) is 31.5 Å². The molecule has 110 valence electrons. The molecule has 1 fully saturated rings. The van der Waals surface area contributed by atoms with Crippen LogP contribution in [0, 0.1) is 5.92 Å². The molecule has 0 aromatic heterocycles. The van der Waals surface area contributed by atoms with Gasteiger partial charge in [0.2, 0.25) is 0 Å². The number of rotatable bonds is 4. The molecule has 0 bridgehead atoms. The van der Waals surface area contributed by atoms with Crippen molar-refractivity contribution in [1.82, 2.24) is 0 Å². The van der Waals surface area contributed by atoms with Crippen LogP contribution >= 0.6 is 0 Å². The van der Waals surface area contributed by atoms with Crippen molar-refractivity contribution in [2.45, 2.75) is 6.42 Å². The van der Waals surface area contributed by atoms with Crippen molar-refractivity contribution in [1.29, 1.82) is 0 Å². The van der Waals surface area contributed by atoms with Gasteiger partial charge in [-0.05, 0) is 24.6 Å². The Morgan fingerprint density at radius 2 is 2.24 bits per heavy atom. The lowest BCUT2D eigenvalue weighted by Crippen LogP contribution is -2.37. The summed E-state index contributed by atoms with van der Waals surface area (Å²) in [6, 6.07) is 4.83. The van der Waals surface area contributed by atoms with Crippen LogP contribution in [0.4, 0.5) is 5.69 Å². The van der Waals surface area contributed by atoms with Crippen LogP contribution in [0.5, 0.6) is 5.75 Å². The van der Waals surface area contributed by atoms with Crippen molar-refractivity contribution in [3.05, 3.63) is 23.8 Å². The lowest BCUT2D eigenvalue weighted by Gasteiger charge is -2.17. The lowest BCUT2D eigenvalue weighted by atomic mass is 10.0. The molecule has 0 saturated carbocycles. The standard InChI is InChI=1S/C15H15NO5/c1-20-10-2-3-12-11(6-10)14(18)15(19)16(12)7-13(17)9-4-5-21-8-9/h2-3,6,9H,4-5,7-8H2,1H3. The van der Waals surface area contributed by atoms with E-state index in [0.717, 1.165) is 0 Å². The van der Waals surface area contributed by atoms with E-state index >= 15 is 0 Å². The molecule has 6 nitrogen and oxygen atoms in total. The third-order valence-electron chi connectivity index (χ3n) is 3.88. The second-order valence-electron chi connectivity index (χ2n) is 5.13. The Hall–Kier alpha value is -2.21. The quantitative estimate of drug-likeness (QED) is 0.768. The number of amides is 1. The highest BCUT2D eigenvalue weighted by atomic mass is 16.5. The molecule has 2 aliphatic heterocycles. The van der Waals surface area contributed by atoms with Gasteiger partial charge in [0.1, 0.15) is 5.75 Å². The van der Waals surface area contributed by atoms with Gasteiger partial charge in [-0.2, -0.15) is 0 Å². The van der Waals surface area contributed by atoms with Gasteiger partial charge in [-0.1, -0.05) is 0 Å². The average Bonchev–Trinajstić information content (AvgIpc) is 3.11. The third-order valence-corrected chi connectivity index (χ3v) is 3.88. The fraction of sp³-hybridized carbons (Fsp3) is 0.400. The number of hydrogen-bond acceptors (Lipinski definition) is 5. The van der Waals surface area contributed by atoms with Crippen molar-refractivity contribution >= 4 is 23.2 Å². The first kappa shape index (κ1) is 13.8. The van der Waals surface area contributed by atoms with E-state index < -0.39 is 11.7 Å². The number of ether oxygens (including phenoxy) is 2. The summed E-state index contributed by atoms with van der Waals surface area (Å²) in [4.78, 5) is 37.5. The number of anilines is 1. The van der Waals surface area contributed by atoms with Gasteiger partial charge in [0.15, 0.2) is 5.78 Å². The molecule has 0 spiro atoms. The van der Waals surface area contributed by atoms with Gasteiger partial charge >= 0.3 is 0 Å². The first-order valence-corrected chi connectivity index (χ1v) is 6.76. The van der Waals surface area contributed by atoms with Crippen LogP contribution in [0.2, 0.25) is 0 Å². The predicted molar refractivity (Wildman–Crippen MR) is 73.6 cm³/mol. The van der Waals surface area contributed by atoms with Gasteiger partial charge in [-0.15, -0.1) is 0 Å². The molecule has 1 aromatic rings. The minimum absolute atomic E-state index is 0.0719. The van der Waals surface area contributed by atoms with Crippen LogP contribution in [0.25, 0.3) is 0 Å². The van der Waals surface area contributed by atoms with Gasteiger partial charge in [-0.3, -0.25) is 19.3 Å². The largest absolute Gasteiger partial charge is 0.497 e. The van der Waals surface area contributed by atoms with Crippen molar-refractivity contribution in [2.75, 3.05) is 31.8 Å². The maximum Gasteiger partial charge on any atom is 0.299 e. The molecule has 0 radical (unpaired) electrons. The molecule has 2 aliphatic rings. The Bertz CT molecular complexity index is 618. The summed E-state index contributed by atoms with van der Waals surface area (Å²) in [7, 11) is 1.49. The maximum absolute atomic E-state index is 12.2. The van der Waals surface area contributed by atoms with E-state index in [-0.39, 0.29) is 23.8 Å². The number of fused-ring (bicyclic) bond motifs is 1. The number of carbonyl (C=O) groups excluding carboxylic acids is 3. The smallest absolute Gasteiger partial charge is 0.299 e. The number of nitrogens with zero attached hydrogens (tertiary/aromatic N) is 1. The monoisotopic (exact) mass is 289 g/mol. The van der Waals surface area contributed by atoms with Gasteiger partial charge < -0.3 is 9.47 Å². The molecule has 1 atom stereocenters. The summed E-state index contributed by atoms with van der Waals surface area (Å²) in [5.41, 5.74) is 0.757. The average molecular weight is 289 g/mol. The summed E-state index contributed by atoms with van der Waals surface area (Å²) >= 11 is 0. The van der Waals surface area contributed by atoms with Crippen LogP contribution in [0.15, 0.2) is 18.2 Å². The summed E-state index contributed by atoms with van der Waals surface area (Å²) < 4.78 is 10.2. The van der Waals surface area contributed by atoms with Gasteiger partial charge in [0.25, 0.3) is 11.7 Å². The zero-order valence-corrected chi connectivity index (χ0v) is 11.6. The highest BCUT2D eigenvalue weighted by Crippen LogP contribution is 2.32. The fourth-order valence-corrected chi connectivity index (χ4v) is 2.64. The molecule has 0 N–H and O–H groups in total. The summed E-state index contributed by atoms with van der Waals surface area (Å²) in [5, 5.41) is 0. The molecule has 2 heterocycles. The minimum Gasteiger partial charge on any atom is -0.497 e. The number of ketones is 2. The first-order chi connectivity index (χ1) is 10.1. The number of Topliss-reactive ketones (excluding diaryl/α,β-unsaturated/α-hetero) is 2. The highest BCUT2D eigenvalue weighted by molar-refractivity contribution is 6.52. The second kappa shape index (κ2) is 5.29. The van der Waals surface area contributed by atoms with Crippen LogP contribution < -0.4 is 9.64 Å². The molecule has 0 aliphatic carbocycles. The normalized spacial score (nSPS) is 20.8. The molecule has 1 amide bonds. The topological polar surface area (TPSA) is 72.9 Å². The Balaban J connectivity index is 1.85. The number of benzene rings is 1. The van der Waals surface area contributed by atoms with E-state index in [1.165, 1.54) is 18.1 Å². The molecule has 3 rings (SSSR count). The highest BCUT2D eigenvalue weighted by Gasteiger charge is 2.38. The number of methoxy groups -OCH3 is 1. The van der Waals surface area contributed by atoms with Crippen LogP contribution in [0.1, 0.15) is 16.8 Å². The molecule has 21 heavy (non-hydrogen) atoms. The van der Waals surface area contributed by atoms with Crippen molar-refractivity contribution in [2.24, 2.45) is 5.92 Å². The van der Waals surface area contributed by atoms with E-state index in [1.807, 2.05) is 0 Å². The predicted octanol–water partition coefficient (Wildman–Crippen LogP) is 0.830. The first-order valence-electron chi connectivity index (χ1n) is 6.76. The zero-order chi connectivity index (χ0) is 15.0. The van der Waals surface area contributed by atoms with E-state index in [2.05, 4.69) is 0 Å². The van der Waals surface area contributed by atoms with E-state index in [9.17, 15) is 14.4 Å². The number of hydrogen-bond donors (Lipinski definition) is 0.